The van der Waals surface area contributed by atoms with Crippen molar-refractivity contribution in [1.82, 2.24) is 24.5 Å². The first-order chi connectivity index (χ1) is 27.0. The average molecular weight is 708 g/mol. The monoisotopic (exact) mass is 707 g/mol. The van der Waals surface area contributed by atoms with E-state index in [4.69, 9.17) is 24.4 Å². The van der Waals surface area contributed by atoms with Crippen molar-refractivity contribution < 1.29 is 4.42 Å². The van der Waals surface area contributed by atoms with Gasteiger partial charge in [0, 0.05) is 38.6 Å². The topological polar surface area (TPSA) is 69.6 Å². The molecule has 10 aromatic rings. The minimum Gasteiger partial charge on any atom is -0.435 e. The second-order valence-electron chi connectivity index (χ2n) is 14.7. The first kappa shape index (κ1) is 31.4. The van der Waals surface area contributed by atoms with Gasteiger partial charge in [-0.25, -0.2) is 19.9 Å². The van der Waals surface area contributed by atoms with E-state index in [1.165, 1.54) is 22.3 Å². The van der Waals surface area contributed by atoms with Gasteiger partial charge in [0.05, 0.1) is 16.6 Å². The van der Waals surface area contributed by atoms with Crippen LogP contribution in [-0.4, -0.2) is 24.5 Å². The molecule has 0 N–H and O–H groups in total. The second kappa shape index (κ2) is 11.9. The molecule has 1 aliphatic rings. The van der Waals surface area contributed by atoms with Crippen LogP contribution in [-0.2, 0) is 5.41 Å². The van der Waals surface area contributed by atoms with Gasteiger partial charge in [0.25, 0.3) is 0 Å². The number of rotatable bonds is 5. The number of oxazole rings is 1. The highest BCUT2D eigenvalue weighted by Gasteiger charge is 2.35. The van der Waals surface area contributed by atoms with Crippen LogP contribution in [0, 0.1) is 0 Å². The van der Waals surface area contributed by atoms with Gasteiger partial charge in [-0.15, -0.1) is 0 Å². The Bertz CT molecular complexity index is 3120. The van der Waals surface area contributed by atoms with E-state index in [0.29, 0.717) is 28.9 Å². The molecule has 0 fully saturated rings. The number of nitrogens with zero attached hydrogens (tertiary/aromatic N) is 5. The molecule has 0 saturated carbocycles. The summed E-state index contributed by atoms with van der Waals surface area (Å²) in [4.78, 5) is 20.5. The zero-order chi connectivity index (χ0) is 36.7. The largest absolute Gasteiger partial charge is 0.435 e. The van der Waals surface area contributed by atoms with Crippen LogP contribution in [0.1, 0.15) is 25.0 Å². The summed E-state index contributed by atoms with van der Waals surface area (Å²) in [6.45, 7) is 4.59. The SMILES string of the molecule is CC1(C)c2ccccc2-c2ccc(-c3nc(-c4ccc5c(c4)c4ccccc4n5-c4ccccc4)nc(-c4cccc5nc(-c6ccccc6)oc45)n3)cc21. The quantitative estimate of drug-likeness (QED) is 0.178. The average Bonchev–Trinajstić information content (AvgIpc) is 3.90. The van der Waals surface area contributed by atoms with Crippen LogP contribution in [0.2, 0.25) is 0 Å². The molecule has 11 rings (SSSR count). The van der Waals surface area contributed by atoms with Gasteiger partial charge in [0.15, 0.2) is 23.1 Å². The minimum atomic E-state index is -0.169. The summed E-state index contributed by atoms with van der Waals surface area (Å²) in [5.74, 6) is 2.26. The number of fused-ring (bicyclic) bond motifs is 7. The maximum atomic E-state index is 6.49. The van der Waals surface area contributed by atoms with E-state index in [1.807, 2.05) is 54.6 Å². The smallest absolute Gasteiger partial charge is 0.227 e. The minimum absolute atomic E-state index is 0.169. The van der Waals surface area contributed by atoms with Gasteiger partial charge in [-0.1, -0.05) is 111 Å². The van der Waals surface area contributed by atoms with Gasteiger partial charge in [0.2, 0.25) is 5.89 Å². The number of hydrogen-bond acceptors (Lipinski definition) is 5. The lowest BCUT2D eigenvalue weighted by atomic mass is 9.82. The van der Waals surface area contributed by atoms with Gasteiger partial charge < -0.3 is 8.98 Å². The summed E-state index contributed by atoms with van der Waals surface area (Å²) < 4.78 is 8.81. The molecule has 0 amide bonds. The van der Waals surface area contributed by atoms with Crippen LogP contribution < -0.4 is 0 Å². The Balaban J connectivity index is 1.13. The molecular weight excluding hydrogens is 675 g/mol. The van der Waals surface area contributed by atoms with Crippen molar-refractivity contribution in [2.75, 3.05) is 0 Å². The van der Waals surface area contributed by atoms with Gasteiger partial charge in [0.1, 0.15) is 5.52 Å². The number of para-hydroxylation sites is 3. The lowest BCUT2D eigenvalue weighted by Crippen LogP contribution is -2.15. The normalized spacial score (nSPS) is 13.1. The Morgan fingerprint density at radius 2 is 1.09 bits per heavy atom. The van der Waals surface area contributed by atoms with Crippen molar-refractivity contribution in [2.24, 2.45) is 0 Å². The molecule has 260 valence electrons. The molecular formula is C49H33N5O. The predicted octanol–water partition coefficient (Wildman–Crippen LogP) is 12.1. The second-order valence-corrected chi connectivity index (χ2v) is 14.7. The highest BCUT2D eigenvalue weighted by molar-refractivity contribution is 6.10. The van der Waals surface area contributed by atoms with E-state index in [-0.39, 0.29) is 5.41 Å². The molecule has 0 spiro atoms. The van der Waals surface area contributed by atoms with Crippen LogP contribution in [0.15, 0.2) is 168 Å². The Labute approximate surface area is 317 Å². The third-order valence-corrected chi connectivity index (χ3v) is 11.1. The summed E-state index contributed by atoms with van der Waals surface area (Å²) >= 11 is 0. The fourth-order valence-electron chi connectivity index (χ4n) is 8.39. The fraction of sp³-hybridized carbons (Fsp3) is 0.0612. The van der Waals surface area contributed by atoms with Crippen molar-refractivity contribution in [3.8, 4) is 62.4 Å². The third kappa shape index (κ3) is 4.88. The van der Waals surface area contributed by atoms with E-state index >= 15 is 0 Å². The number of aromatic nitrogens is 5. The zero-order valence-corrected chi connectivity index (χ0v) is 30.2. The van der Waals surface area contributed by atoms with Gasteiger partial charge in [-0.3, -0.25) is 0 Å². The highest BCUT2D eigenvalue weighted by Crippen LogP contribution is 2.49. The fourth-order valence-corrected chi connectivity index (χ4v) is 8.39. The van der Waals surface area contributed by atoms with Crippen LogP contribution >= 0.6 is 0 Å². The van der Waals surface area contributed by atoms with Gasteiger partial charge >= 0.3 is 0 Å². The van der Waals surface area contributed by atoms with Crippen molar-refractivity contribution in [3.05, 3.63) is 175 Å². The first-order valence-corrected chi connectivity index (χ1v) is 18.6. The van der Waals surface area contributed by atoms with Crippen molar-refractivity contribution in [1.29, 1.82) is 0 Å². The number of benzene rings is 7. The summed E-state index contributed by atoms with van der Waals surface area (Å²) in [6, 6.07) is 56.8. The zero-order valence-electron chi connectivity index (χ0n) is 30.2. The van der Waals surface area contributed by atoms with E-state index < -0.39 is 0 Å². The molecule has 0 saturated heterocycles. The standard InChI is InChI=1S/C49H33N5O/c1-49(2)39-21-11-9-18-34(39)35-26-24-32(29-40(35)49)46-51-45(52-47(53-46)37-20-13-22-41-44(37)55-48(50-41)30-14-5-3-6-15-30)31-25-27-43-38(28-31)36-19-10-12-23-42(36)54(43)33-16-7-4-8-17-33/h3-29H,1-2H3. The Morgan fingerprint density at radius 3 is 1.93 bits per heavy atom. The van der Waals surface area contributed by atoms with Crippen LogP contribution in [0.5, 0.6) is 0 Å². The van der Waals surface area contributed by atoms with Crippen LogP contribution in [0.4, 0.5) is 0 Å². The Kier molecular flexibility index (Phi) is 6.79. The van der Waals surface area contributed by atoms with Gasteiger partial charge in [-0.2, -0.15) is 0 Å². The van der Waals surface area contributed by atoms with E-state index in [0.717, 1.165) is 55.3 Å². The van der Waals surface area contributed by atoms with E-state index in [1.54, 1.807) is 0 Å². The third-order valence-electron chi connectivity index (χ3n) is 11.1. The van der Waals surface area contributed by atoms with Crippen LogP contribution in [0.3, 0.4) is 0 Å². The lowest BCUT2D eigenvalue weighted by molar-refractivity contribution is 0.620. The molecule has 1 aliphatic carbocycles. The molecule has 0 unspecified atom stereocenters. The van der Waals surface area contributed by atoms with Crippen molar-refractivity contribution in [3.63, 3.8) is 0 Å². The molecule has 55 heavy (non-hydrogen) atoms. The summed E-state index contributed by atoms with van der Waals surface area (Å²) in [6.07, 6.45) is 0. The molecule has 7 aromatic carbocycles. The van der Waals surface area contributed by atoms with Crippen LogP contribution in [0.25, 0.3) is 95.3 Å². The summed E-state index contributed by atoms with van der Waals surface area (Å²) in [7, 11) is 0. The lowest BCUT2D eigenvalue weighted by Gasteiger charge is -2.21. The molecule has 6 heteroatoms. The highest BCUT2D eigenvalue weighted by atomic mass is 16.3. The molecule has 6 nitrogen and oxygen atoms in total. The predicted molar refractivity (Wildman–Crippen MR) is 221 cm³/mol. The molecule has 0 bridgehead atoms. The van der Waals surface area contributed by atoms with E-state index in [2.05, 4.69) is 128 Å². The molecule has 0 atom stereocenters. The van der Waals surface area contributed by atoms with Crippen molar-refractivity contribution in [2.45, 2.75) is 19.3 Å². The summed E-state index contributed by atoms with van der Waals surface area (Å²) in [5.41, 5.74) is 13.2. The number of hydrogen-bond donors (Lipinski definition) is 0. The maximum absolute atomic E-state index is 6.49. The summed E-state index contributed by atoms with van der Waals surface area (Å²) in [5, 5.41) is 2.29. The Hall–Kier alpha value is -7.18. The maximum Gasteiger partial charge on any atom is 0.227 e. The molecule has 0 aliphatic heterocycles. The molecule has 3 aromatic heterocycles. The molecule has 0 radical (unpaired) electrons. The van der Waals surface area contributed by atoms with E-state index in [9.17, 15) is 0 Å². The molecule has 3 heterocycles. The first-order valence-electron chi connectivity index (χ1n) is 18.6. The Morgan fingerprint density at radius 1 is 0.455 bits per heavy atom. The van der Waals surface area contributed by atoms with Crippen molar-refractivity contribution >= 4 is 32.9 Å². The van der Waals surface area contributed by atoms with Gasteiger partial charge in [-0.05, 0) is 89.0 Å².